The van der Waals surface area contributed by atoms with Crippen molar-refractivity contribution in [3.63, 3.8) is 0 Å². The number of hydrogen-bond acceptors (Lipinski definition) is 4. The Morgan fingerprint density at radius 1 is 1.36 bits per heavy atom. The monoisotopic (exact) mass is 313 g/mol. The lowest BCUT2D eigenvalue weighted by atomic mass is 10.1. The lowest BCUT2D eigenvalue weighted by Crippen LogP contribution is -2.42. The van der Waals surface area contributed by atoms with E-state index in [0.29, 0.717) is 12.0 Å². The van der Waals surface area contributed by atoms with Crippen LogP contribution in [-0.2, 0) is 14.2 Å². The van der Waals surface area contributed by atoms with Crippen molar-refractivity contribution in [2.24, 2.45) is 10.9 Å². The predicted molar refractivity (Wildman–Crippen MR) is 87.3 cm³/mol. The minimum absolute atomic E-state index is 0.320. The smallest absolute Gasteiger partial charge is 0.193 e. The van der Waals surface area contributed by atoms with Crippen molar-refractivity contribution < 1.29 is 14.2 Å². The van der Waals surface area contributed by atoms with E-state index in [1.165, 1.54) is 6.42 Å². The number of rotatable bonds is 8. The van der Waals surface area contributed by atoms with E-state index in [-0.39, 0.29) is 0 Å². The van der Waals surface area contributed by atoms with E-state index >= 15 is 0 Å². The molecule has 0 aliphatic carbocycles. The van der Waals surface area contributed by atoms with E-state index in [1.54, 1.807) is 0 Å². The molecule has 2 aliphatic heterocycles. The molecule has 2 rings (SSSR count). The molecule has 2 atom stereocenters. The molecule has 0 bridgehead atoms. The van der Waals surface area contributed by atoms with Gasteiger partial charge in [0.15, 0.2) is 5.96 Å². The minimum Gasteiger partial charge on any atom is -0.381 e. The van der Waals surface area contributed by atoms with E-state index < -0.39 is 0 Å². The van der Waals surface area contributed by atoms with Gasteiger partial charge < -0.3 is 24.4 Å². The Labute approximate surface area is 134 Å². The summed E-state index contributed by atoms with van der Waals surface area (Å²) in [4.78, 5) is 6.53. The first-order valence-electron chi connectivity index (χ1n) is 8.48. The molecule has 1 N–H and O–H groups in total. The zero-order valence-corrected chi connectivity index (χ0v) is 14.1. The van der Waals surface area contributed by atoms with Gasteiger partial charge in [-0.05, 0) is 25.7 Å². The van der Waals surface area contributed by atoms with Gasteiger partial charge in [-0.2, -0.15) is 0 Å². The maximum absolute atomic E-state index is 5.67. The largest absolute Gasteiger partial charge is 0.381 e. The molecular weight excluding hydrogens is 282 g/mol. The Bertz CT molecular complexity index is 327. The Kier molecular flexibility index (Phi) is 7.98. The normalized spacial score (nSPS) is 25.6. The zero-order valence-electron chi connectivity index (χ0n) is 14.1. The standard InChI is InChI=1S/C16H31N3O3/c1-17-16(19(2)11-14-6-10-21-12-14)18-7-4-8-20-13-15-5-3-9-22-15/h14-15H,3-13H2,1-2H3,(H,17,18). The van der Waals surface area contributed by atoms with Crippen molar-refractivity contribution in [1.82, 2.24) is 10.2 Å². The lowest BCUT2D eigenvalue weighted by Gasteiger charge is -2.24. The molecule has 2 saturated heterocycles. The van der Waals surface area contributed by atoms with Gasteiger partial charge in [0.25, 0.3) is 0 Å². The van der Waals surface area contributed by atoms with Crippen LogP contribution < -0.4 is 5.32 Å². The number of aliphatic imine (C=N–C) groups is 1. The Morgan fingerprint density at radius 2 is 2.27 bits per heavy atom. The number of nitrogens with zero attached hydrogens (tertiary/aromatic N) is 2. The van der Waals surface area contributed by atoms with E-state index in [1.807, 2.05) is 7.05 Å². The molecule has 22 heavy (non-hydrogen) atoms. The van der Waals surface area contributed by atoms with Crippen LogP contribution in [0.3, 0.4) is 0 Å². The summed E-state index contributed by atoms with van der Waals surface area (Å²) in [5.74, 6) is 1.57. The van der Waals surface area contributed by atoms with Crippen LogP contribution in [0.2, 0.25) is 0 Å². The third-order valence-electron chi connectivity index (χ3n) is 4.21. The fourth-order valence-corrected chi connectivity index (χ4v) is 2.95. The first-order chi connectivity index (χ1) is 10.8. The maximum atomic E-state index is 5.67. The van der Waals surface area contributed by atoms with Crippen LogP contribution in [-0.4, -0.2) is 77.2 Å². The van der Waals surface area contributed by atoms with Gasteiger partial charge in [0.1, 0.15) is 0 Å². The van der Waals surface area contributed by atoms with Crippen LogP contribution in [0.4, 0.5) is 0 Å². The zero-order chi connectivity index (χ0) is 15.6. The summed E-state index contributed by atoms with van der Waals surface area (Å²) in [6, 6.07) is 0. The molecule has 0 aromatic rings. The van der Waals surface area contributed by atoms with Crippen molar-refractivity contribution in [2.75, 3.05) is 60.2 Å². The Hall–Kier alpha value is -0.850. The van der Waals surface area contributed by atoms with Gasteiger partial charge in [-0.1, -0.05) is 0 Å². The molecule has 6 nitrogen and oxygen atoms in total. The second-order valence-corrected chi connectivity index (χ2v) is 6.15. The second-order valence-electron chi connectivity index (χ2n) is 6.15. The summed E-state index contributed by atoms with van der Waals surface area (Å²) in [5.41, 5.74) is 0. The van der Waals surface area contributed by atoms with Crippen molar-refractivity contribution in [1.29, 1.82) is 0 Å². The van der Waals surface area contributed by atoms with Gasteiger partial charge in [-0.25, -0.2) is 0 Å². The third kappa shape index (κ3) is 6.10. The highest BCUT2D eigenvalue weighted by atomic mass is 16.5. The molecule has 2 unspecified atom stereocenters. The van der Waals surface area contributed by atoms with E-state index in [9.17, 15) is 0 Å². The second kappa shape index (κ2) is 10.0. The number of nitrogens with one attached hydrogen (secondary N) is 1. The van der Waals surface area contributed by atoms with Gasteiger partial charge in [0.05, 0.1) is 19.3 Å². The van der Waals surface area contributed by atoms with Crippen molar-refractivity contribution in [3.8, 4) is 0 Å². The van der Waals surface area contributed by atoms with Crippen LogP contribution in [0.15, 0.2) is 4.99 Å². The summed E-state index contributed by atoms with van der Waals surface area (Å²) in [6.45, 7) is 6.04. The van der Waals surface area contributed by atoms with E-state index in [2.05, 4.69) is 22.3 Å². The Balaban J connectivity index is 1.51. The predicted octanol–water partition coefficient (Wildman–Crippen LogP) is 1.12. The molecule has 0 radical (unpaired) electrons. The average Bonchev–Trinajstić information content (AvgIpc) is 3.20. The van der Waals surface area contributed by atoms with Crippen LogP contribution in [0.5, 0.6) is 0 Å². The highest BCUT2D eigenvalue weighted by Crippen LogP contribution is 2.13. The number of hydrogen-bond donors (Lipinski definition) is 1. The molecule has 2 heterocycles. The van der Waals surface area contributed by atoms with Gasteiger partial charge >= 0.3 is 0 Å². The van der Waals surface area contributed by atoms with E-state index in [4.69, 9.17) is 14.2 Å². The molecule has 128 valence electrons. The quantitative estimate of drug-likeness (QED) is 0.413. The molecule has 0 aromatic carbocycles. The van der Waals surface area contributed by atoms with Crippen LogP contribution >= 0.6 is 0 Å². The minimum atomic E-state index is 0.320. The van der Waals surface area contributed by atoms with Crippen LogP contribution in [0.25, 0.3) is 0 Å². The topological polar surface area (TPSA) is 55.3 Å². The highest BCUT2D eigenvalue weighted by Gasteiger charge is 2.19. The summed E-state index contributed by atoms with van der Waals surface area (Å²) < 4.78 is 16.6. The maximum Gasteiger partial charge on any atom is 0.193 e. The van der Waals surface area contributed by atoms with Crippen LogP contribution in [0, 0.1) is 5.92 Å². The van der Waals surface area contributed by atoms with Crippen molar-refractivity contribution in [2.45, 2.75) is 31.8 Å². The number of guanidine groups is 1. The van der Waals surface area contributed by atoms with Crippen LogP contribution in [0.1, 0.15) is 25.7 Å². The van der Waals surface area contributed by atoms with Crippen molar-refractivity contribution in [3.05, 3.63) is 0 Å². The summed E-state index contributed by atoms with van der Waals surface area (Å²) in [6.07, 6.45) is 4.76. The highest BCUT2D eigenvalue weighted by molar-refractivity contribution is 5.79. The van der Waals surface area contributed by atoms with Gasteiger partial charge in [-0.3, -0.25) is 4.99 Å². The first-order valence-corrected chi connectivity index (χ1v) is 8.48. The molecule has 2 fully saturated rings. The fourth-order valence-electron chi connectivity index (χ4n) is 2.95. The van der Waals surface area contributed by atoms with Crippen molar-refractivity contribution >= 4 is 5.96 Å². The van der Waals surface area contributed by atoms with Gasteiger partial charge in [0, 0.05) is 52.9 Å². The lowest BCUT2D eigenvalue weighted by molar-refractivity contribution is 0.0168. The molecule has 2 aliphatic rings. The molecule has 6 heteroatoms. The summed E-state index contributed by atoms with van der Waals surface area (Å²) in [7, 11) is 3.92. The van der Waals surface area contributed by atoms with Gasteiger partial charge in [0.2, 0.25) is 0 Å². The summed E-state index contributed by atoms with van der Waals surface area (Å²) >= 11 is 0. The molecule has 0 amide bonds. The first kappa shape index (κ1) is 17.5. The SMILES string of the molecule is CN=C(NCCCOCC1CCCO1)N(C)CC1CCOC1. The molecular formula is C16H31N3O3. The molecule has 0 spiro atoms. The number of ether oxygens (including phenoxy) is 3. The summed E-state index contributed by atoms with van der Waals surface area (Å²) in [5, 5.41) is 3.40. The third-order valence-corrected chi connectivity index (χ3v) is 4.21. The van der Waals surface area contributed by atoms with E-state index in [0.717, 1.165) is 71.3 Å². The van der Waals surface area contributed by atoms with Gasteiger partial charge in [-0.15, -0.1) is 0 Å². The molecule has 0 saturated carbocycles. The average molecular weight is 313 g/mol. The molecule has 0 aromatic heterocycles. The fraction of sp³-hybridized carbons (Fsp3) is 0.938. The Morgan fingerprint density at radius 3 is 2.95 bits per heavy atom.